The second kappa shape index (κ2) is 4.89. The Morgan fingerprint density at radius 2 is 1.71 bits per heavy atom. The first-order chi connectivity index (χ1) is 10.00. The quantitative estimate of drug-likeness (QED) is 0.942. The average Bonchev–Trinajstić information content (AvgIpc) is 2.92. The van der Waals surface area contributed by atoms with E-state index in [-0.39, 0.29) is 10.5 Å². The number of aromatic carboxylic acids is 1. The van der Waals surface area contributed by atoms with Crippen molar-refractivity contribution in [3.05, 3.63) is 59.7 Å². The molecule has 1 aliphatic heterocycles. The Bertz CT molecular complexity index is 797. The van der Waals surface area contributed by atoms with E-state index in [1.165, 1.54) is 28.6 Å². The molecule has 0 saturated carbocycles. The van der Waals surface area contributed by atoms with Crippen LogP contribution in [0, 0.1) is 0 Å². The van der Waals surface area contributed by atoms with Crippen molar-refractivity contribution in [2.24, 2.45) is 0 Å². The lowest BCUT2D eigenvalue weighted by molar-refractivity contribution is 0.0697. The Morgan fingerprint density at radius 3 is 2.38 bits per heavy atom. The molecule has 21 heavy (non-hydrogen) atoms. The molecule has 0 aliphatic carbocycles. The van der Waals surface area contributed by atoms with Crippen LogP contribution < -0.4 is 4.31 Å². The van der Waals surface area contributed by atoms with Gasteiger partial charge in [0.2, 0.25) is 0 Å². The molecule has 2 aromatic carbocycles. The number of carboxylic acid groups (broad SMARTS) is 1. The van der Waals surface area contributed by atoms with E-state index >= 15 is 0 Å². The van der Waals surface area contributed by atoms with E-state index in [1.807, 2.05) is 12.1 Å². The van der Waals surface area contributed by atoms with E-state index in [0.717, 1.165) is 5.56 Å². The lowest BCUT2D eigenvalue weighted by Crippen LogP contribution is -2.29. The van der Waals surface area contributed by atoms with Gasteiger partial charge in [-0.25, -0.2) is 13.2 Å². The summed E-state index contributed by atoms with van der Waals surface area (Å²) in [6.45, 7) is 0.405. The van der Waals surface area contributed by atoms with Gasteiger partial charge < -0.3 is 5.11 Å². The summed E-state index contributed by atoms with van der Waals surface area (Å²) in [6, 6.07) is 12.7. The second-order valence-corrected chi connectivity index (χ2v) is 6.65. The number of rotatable bonds is 3. The van der Waals surface area contributed by atoms with Crippen molar-refractivity contribution in [3.63, 3.8) is 0 Å². The molecule has 3 rings (SSSR count). The molecule has 0 amide bonds. The minimum atomic E-state index is -3.65. The van der Waals surface area contributed by atoms with Crippen LogP contribution in [0.4, 0.5) is 5.69 Å². The summed E-state index contributed by atoms with van der Waals surface area (Å²) in [7, 11) is -3.65. The molecule has 0 saturated heterocycles. The molecule has 0 fully saturated rings. The first kappa shape index (κ1) is 13.6. The highest BCUT2D eigenvalue weighted by Gasteiger charge is 2.30. The van der Waals surface area contributed by atoms with Crippen LogP contribution in [0.15, 0.2) is 53.4 Å². The minimum Gasteiger partial charge on any atom is -0.478 e. The van der Waals surface area contributed by atoms with Crippen LogP contribution in [0.1, 0.15) is 15.9 Å². The van der Waals surface area contributed by atoms with Gasteiger partial charge in [-0.3, -0.25) is 4.31 Å². The number of hydrogen-bond donors (Lipinski definition) is 1. The molecule has 6 heteroatoms. The number of carbonyl (C=O) groups is 1. The van der Waals surface area contributed by atoms with Gasteiger partial charge in [-0.1, -0.05) is 18.2 Å². The number of nitrogens with zero attached hydrogens (tertiary/aromatic N) is 1. The van der Waals surface area contributed by atoms with Crippen LogP contribution >= 0.6 is 0 Å². The minimum absolute atomic E-state index is 0.0655. The first-order valence-electron chi connectivity index (χ1n) is 6.44. The molecule has 1 aliphatic rings. The zero-order chi connectivity index (χ0) is 15.0. The van der Waals surface area contributed by atoms with Gasteiger partial charge >= 0.3 is 5.97 Å². The van der Waals surface area contributed by atoms with Gasteiger partial charge in [0.1, 0.15) is 0 Å². The highest BCUT2D eigenvalue weighted by Crippen LogP contribution is 2.32. The van der Waals surface area contributed by atoms with Crippen molar-refractivity contribution < 1.29 is 18.3 Å². The maximum absolute atomic E-state index is 12.7. The molecule has 1 N–H and O–H groups in total. The van der Waals surface area contributed by atoms with Crippen LogP contribution in [-0.2, 0) is 16.4 Å². The van der Waals surface area contributed by atoms with Gasteiger partial charge in [0.15, 0.2) is 0 Å². The molecular weight excluding hydrogens is 290 g/mol. The molecule has 0 bridgehead atoms. The van der Waals surface area contributed by atoms with Crippen molar-refractivity contribution >= 4 is 21.7 Å². The molecule has 5 nitrogen and oxygen atoms in total. The van der Waals surface area contributed by atoms with Gasteiger partial charge in [0.25, 0.3) is 10.0 Å². The predicted molar refractivity (Wildman–Crippen MR) is 78.1 cm³/mol. The monoisotopic (exact) mass is 303 g/mol. The zero-order valence-corrected chi connectivity index (χ0v) is 11.9. The smallest absolute Gasteiger partial charge is 0.335 e. The molecule has 0 radical (unpaired) electrons. The molecular formula is C15H13NO4S. The number of fused-ring (bicyclic) bond motifs is 1. The van der Waals surface area contributed by atoms with E-state index < -0.39 is 16.0 Å². The third kappa shape index (κ3) is 2.27. The highest BCUT2D eigenvalue weighted by atomic mass is 32.2. The molecule has 0 spiro atoms. The second-order valence-electron chi connectivity index (χ2n) is 4.79. The number of hydrogen-bond acceptors (Lipinski definition) is 3. The lowest BCUT2D eigenvalue weighted by Gasteiger charge is -2.19. The summed E-state index contributed by atoms with van der Waals surface area (Å²) in [5.41, 5.74) is 1.76. The third-order valence-electron chi connectivity index (χ3n) is 3.53. The van der Waals surface area contributed by atoms with E-state index in [1.54, 1.807) is 12.1 Å². The van der Waals surface area contributed by atoms with Gasteiger partial charge in [-0.05, 0) is 42.3 Å². The van der Waals surface area contributed by atoms with Crippen molar-refractivity contribution in [1.82, 2.24) is 0 Å². The lowest BCUT2D eigenvalue weighted by atomic mass is 10.2. The van der Waals surface area contributed by atoms with Gasteiger partial charge in [-0.2, -0.15) is 0 Å². The standard InChI is InChI=1S/C15H13NO4S/c17-15(18)12-5-7-13(8-6-12)21(19,20)16-10-9-11-3-1-2-4-14(11)16/h1-8H,9-10H2,(H,17,18). The Morgan fingerprint density at radius 1 is 1.05 bits per heavy atom. The van der Waals surface area contributed by atoms with E-state index in [9.17, 15) is 13.2 Å². The third-order valence-corrected chi connectivity index (χ3v) is 5.36. The van der Waals surface area contributed by atoms with E-state index in [4.69, 9.17) is 5.11 Å². The number of benzene rings is 2. The molecule has 2 aromatic rings. The van der Waals surface area contributed by atoms with Crippen LogP contribution in [0.3, 0.4) is 0 Å². The summed E-state index contributed by atoms with van der Waals surface area (Å²) in [5, 5.41) is 8.86. The topological polar surface area (TPSA) is 74.7 Å². The molecule has 1 heterocycles. The average molecular weight is 303 g/mol. The van der Waals surface area contributed by atoms with E-state index in [2.05, 4.69) is 0 Å². The van der Waals surface area contributed by atoms with Gasteiger partial charge in [0, 0.05) is 6.54 Å². The summed E-state index contributed by atoms with van der Waals surface area (Å²) in [5.74, 6) is -1.08. The largest absolute Gasteiger partial charge is 0.478 e. The Kier molecular flexibility index (Phi) is 3.17. The SMILES string of the molecule is O=C(O)c1ccc(S(=O)(=O)N2CCc3ccccc32)cc1. The van der Waals surface area contributed by atoms with Gasteiger partial charge in [-0.15, -0.1) is 0 Å². The normalized spacial score (nSPS) is 14.0. The fourth-order valence-electron chi connectivity index (χ4n) is 2.45. The van der Waals surface area contributed by atoms with Crippen LogP contribution in [-0.4, -0.2) is 26.0 Å². The maximum atomic E-state index is 12.7. The summed E-state index contributed by atoms with van der Waals surface area (Å²) < 4.78 is 26.7. The molecule has 0 aromatic heterocycles. The predicted octanol–water partition coefficient (Wildman–Crippen LogP) is 2.14. The molecule has 0 unspecified atom stereocenters. The first-order valence-corrected chi connectivity index (χ1v) is 7.88. The van der Waals surface area contributed by atoms with E-state index in [0.29, 0.717) is 18.7 Å². The van der Waals surface area contributed by atoms with Crippen LogP contribution in [0.2, 0.25) is 0 Å². The number of sulfonamides is 1. The fourth-order valence-corrected chi connectivity index (χ4v) is 3.96. The summed E-state index contributed by atoms with van der Waals surface area (Å²) in [4.78, 5) is 10.9. The van der Waals surface area contributed by atoms with Crippen molar-refractivity contribution in [2.75, 3.05) is 10.8 Å². The maximum Gasteiger partial charge on any atom is 0.335 e. The molecule has 0 atom stereocenters. The highest BCUT2D eigenvalue weighted by molar-refractivity contribution is 7.92. The molecule has 108 valence electrons. The van der Waals surface area contributed by atoms with Crippen LogP contribution in [0.25, 0.3) is 0 Å². The summed E-state index contributed by atoms with van der Waals surface area (Å²) in [6.07, 6.45) is 0.683. The Labute approximate surface area is 122 Å². The Balaban J connectivity index is 2.00. The van der Waals surface area contributed by atoms with Gasteiger partial charge in [0.05, 0.1) is 16.1 Å². The number of anilines is 1. The number of para-hydroxylation sites is 1. The van der Waals surface area contributed by atoms with Crippen molar-refractivity contribution in [1.29, 1.82) is 0 Å². The fraction of sp³-hybridized carbons (Fsp3) is 0.133. The zero-order valence-electron chi connectivity index (χ0n) is 11.1. The summed E-state index contributed by atoms with van der Waals surface area (Å²) >= 11 is 0. The van der Waals surface area contributed by atoms with Crippen molar-refractivity contribution in [2.45, 2.75) is 11.3 Å². The van der Waals surface area contributed by atoms with Crippen molar-refractivity contribution in [3.8, 4) is 0 Å². The number of carboxylic acids is 1. The Hall–Kier alpha value is -2.34. The van der Waals surface area contributed by atoms with Crippen LogP contribution in [0.5, 0.6) is 0 Å².